The molecule has 1 aromatic carbocycles. The van der Waals surface area contributed by atoms with Crippen LogP contribution in [0.1, 0.15) is 10.4 Å². The van der Waals surface area contributed by atoms with Crippen molar-refractivity contribution in [3.05, 3.63) is 46.0 Å². The summed E-state index contributed by atoms with van der Waals surface area (Å²) in [6, 6.07) is 5.18. The maximum atomic E-state index is 13.1. The number of hydrogen-bond donors (Lipinski definition) is 3. The van der Waals surface area contributed by atoms with Crippen LogP contribution in [-0.4, -0.2) is 21.3 Å². The zero-order valence-corrected chi connectivity index (χ0v) is 8.98. The van der Waals surface area contributed by atoms with Gasteiger partial charge in [-0.3, -0.25) is 4.79 Å². The van der Waals surface area contributed by atoms with E-state index >= 15 is 0 Å². The topological polar surface area (TPSA) is 109 Å². The van der Waals surface area contributed by atoms with Gasteiger partial charge in [0.25, 0.3) is 5.56 Å². The van der Waals surface area contributed by atoms with Gasteiger partial charge in [0.1, 0.15) is 22.8 Å². The number of aromatic amines is 1. The molecule has 0 aliphatic heterocycles. The molecule has 0 unspecified atom stereocenters. The fourth-order valence-electron chi connectivity index (χ4n) is 1.53. The Kier molecular flexibility index (Phi) is 2.80. The molecular formula is C11H8FN3O3. The number of aromatic carboxylic acids is 1. The molecule has 18 heavy (non-hydrogen) atoms. The third-order valence-electron chi connectivity index (χ3n) is 2.33. The molecule has 0 amide bonds. The van der Waals surface area contributed by atoms with Crippen molar-refractivity contribution < 1.29 is 14.3 Å². The summed E-state index contributed by atoms with van der Waals surface area (Å²) in [6.07, 6.45) is 0. The normalized spacial score (nSPS) is 10.3. The molecule has 92 valence electrons. The molecular weight excluding hydrogens is 241 g/mol. The molecule has 4 N–H and O–H groups in total. The zero-order chi connectivity index (χ0) is 13.3. The van der Waals surface area contributed by atoms with E-state index in [4.69, 9.17) is 10.8 Å². The number of halogens is 1. The summed E-state index contributed by atoms with van der Waals surface area (Å²) in [5, 5.41) is 14.7. The van der Waals surface area contributed by atoms with Gasteiger partial charge in [-0.1, -0.05) is 12.1 Å². The van der Waals surface area contributed by atoms with Crippen molar-refractivity contribution in [3.63, 3.8) is 0 Å². The van der Waals surface area contributed by atoms with Gasteiger partial charge in [0, 0.05) is 5.56 Å². The van der Waals surface area contributed by atoms with Crippen molar-refractivity contribution >= 4 is 11.7 Å². The number of carboxylic acids is 1. The molecule has 0 atom stereocenters. The van der Waals surface area contributed by atoms with Crippen LogP contribution in [0.4, 0.5) is 10.1 Å². The molecule has 1 aromatic heterocycles. The van der Waals surface area contributed by atoms with E-state index in [1.54, 1.807) is 0 Å². The van der Waals surface area contributed by atoms with Crippen LogP contribution in [0.2, 0.25) is 0 Å². The number of nitrogens with zero attached hydrogens (tertiary/aromatic N) is 1. The average molecular weight is 249 g/mol. The summed E-state index contributed by atoms with van der Waals surface area (Å²) in [4.78, 5) is 22.3. The molecule has 7 heteroatoms. The van der Waals surface area contributed by atoms with Crippen LogP contribution in [0.5, 0.6) is 0 Å². The van der Waals surface area contributed by atoms with Crippen molar-refractivity contribution in [1.29, 1.82) is 0 Å². The van der Waals surface area contributed by atoms with Crippen molar-refractivity contribution in [1.82, 2.24) is 10.2 Å². The first kappa shape index (κ1) is 11.8. The highest BCUT2D eigenvalue weighted by atomic mass is 19.1. The van der Waals surface area contributed by atoms with E-state index in [-0.39, 0.29) is 11.3 Å². The first-order chi connectivity index (χ1) is 8.50. The number of benzene rings is 1. The quantitative estimate of drug-likeness (QED) is 0.731. The molecule has 1 heterocycles. The number of H-pyrrole nitrogens is 1. The first-order valence-corrected chi connectivity index (χ1v) is 4.88. The molecule has 2 aromatic rings. The molecule has 0 spiro atoms. The van der Waals surface area contributed by atoms with Crippen molar-refractivity contribution in [2.45, 2.75) is 0 Å². The third kappa shape index (κ3) is 1.93. The lowest BCUT2D eigenvalue weighted by atomic mass is 10.1. The monoisotopic (exact) mass is 249 g/mol. The smallest absolute Gasteiger partial charge is 0.340 e. The Labute approximate surface area is 99.9 Å². The Bertz CT molecular complexity index is 681. The van der Waals surface area contributed by atoms with E-state index < -0.39 is 28.6 Å². The minimum absolute atomic E-state index is 0.0842. The summed E-state index contributed by atoms with van der Waals surface area (Å²) < 4.78 is 13.1. The summed E-state index contributed by atoms with van der Waals surface area (Å²) in [5.41, 5.74) is 3.83. The molecule has 2 rings (SSSR count). The Morgan fingerprint density at radius 3 is 2.78 bits per heavy atom. The number of nitrogens with two attached hydrogens (primary N) is 1. The van der Waals surface area contributed by atoms with Crippen LogP contribution in [0, 0.1) is 5.82 Å². The highest BCUT2D eigenvalue weighted by Crippen LogP contribution is 2.23. The summed E-state index contributed by atoms with van der Waals surface area (Å²) in [6.45, 7) is 0. The van der Waals surface area contributed by atoms with Gasteiger partial charge in [-0.25, -0.2) is 14.3 Å². The van der Waals surface area contributed by atoms with Gasteiger partial charge in [0.15, 0.2) is 0 Å². The maximum absolute atomic E-state index is 13.1. The van der Waals surface area contributed by atoms with E-state index in [1.165, 1.54) is 18.2 Å². The van der Waals surface area contributed by atoms with Crippen LogP contribution in [0.3, 0.4) is 0 Å². The second-order valence-corrected chi connectivity index (χ2v) is 3.51. The Morgan fingerprint density at radius 1 is 1.44 bits per heavy atom. The Balaban J connectivity index is 2.76. The van der Waals surface area contributed by atoms with Gasteiger partial charge in [0.05, 0.1) is 0 Å². The number of hydrogen-bond acceptors (Lipinski definition) is 4. The number of rotatable bonds is 2. The molecule has 0 aliphatic carbocycles. The molecule has 0 aliphatic rings. The molecule has 6 nitrogen and oxygen atoms in total. The second kappa shape index (κ2) is 4.28. The molecule has 0 radical (unpaired) electrons. The van der Waals surface area contributed by atoms with E-state index in [1.807, 2.05) is 0 Å². The molecule has 0 saturated heterocycles. The molecule has 0 fully saturated rings. The van der Waals surface area contributed by atoms with Gasteiger partial charge in [-0.15, -0.1) is 0 Å². The number of anilines is 1. The number of nitrogen functional groups attached to an aromatic ring is 1. The number of carbonyl (C=O) groups is 1. The van der Waals surface area contributed by atoms with Crippen molar-refractivity contribution in [3.8, 4) is 11.3 Å². The lowest BCUT2D eigenvalue weighted by molar-refractivity contribution is 0.0698. The van der Waals surface area contributed by atoms with E-state index in [0.717, 1.165) is 6.07 Å². The number of aromatic nitrogens is 2. The van der Waals surface area contributed by atoms with Crippen molar-refractivity contribution in [2.24, 2.45) is 0 Å². The van der Waals surface area contributed by atoms with Crippen LogP contribution < -0.4 is 11.3 Å². The molecule has 0 bridgehead atoms. The lowest BCUT2D eigenvalue weighted by Gasteiger charge is -2.06. The predicted molar refractivity (Wildman–Crippen MR) is 61.6 cm³/mol. The average Bonchev–Trinajstić information content (AvgIpc) is 2.32. The minimum Gasteiger partial charge on any atom is -0.478 e. The Hall–Kier alpha value is -2.70. The standard InChI is InChI=1S/C11H8FN3O3/c12-6-3-1-2-5(4-6)9-7(11(17)18)8(13)10(16)15-14-9/h1-4H,(H2,13,14)(H,15,16)(H,17,18). The summed E-state index contributed by atoms with van der Waals surface area (Å²) in [7, 11) is 0. The van der Waals surface area contributed by atoms with E-state index in [0.29, 0.717) is 0 Å². The second-order valence-electron chi connectivity index (χ2n) is 3.51. The fraction of sp³-hybridized carbons (Fsp3) is 0. The highest BCUT2D eigenvalue weighted by molar-refractivity contribution is 5.99. The van der Waals surface area contributed by atoms with Crippen LogP contribution >= 0.6 is 0 Å². The lowest BCUT2D eigenvalue weighted by Crippen LogP contribution is -2.20. The van der Waals surface area contributed by atoms with Crippen LogP contribution in [0.25, 0.3) is 11.3 Å². The van der Waals surface area contributed by atoms with E-state index in [9.17, 15) is 14.0 Å². The summed E-state index contributed by atoms with van der Waals surface area (Å²) in [5.74, 6) is -1.94. The minimum atomic E-state index is -1.40. The van der Waals surface area contributed by atoms with Gasteiger partial charge in [0.2, 0.25) is 0 Å². The SMILES string of the molecule is Nc1c(C(=O)O)c(-c2cccc(F)c2)n[nH]c1=O. The Morgan fingerprint density at radius 2 is 2.17 bits per heavy atom. The first-order valence-electron chi connectivity index (χ1n) is 4.88. The van der Waals surface area contributed by atoms with Crippen LogP contribution in [0.15, 0.2) is 29.1 Å². The summed E-state index contributed by atoms with van der Waals surface area (Å²) >= 11 is 0. The van der Waals surface area contributed by atoms with Crippen molar-refractivity contribution in [2.75, 3.05) is 5.73 Å². The predicted octanol–water partition coefficient (Wildman–Crippen LogP) is 0.856. The number of nitrogens with one attached hydrogen (secondary N) is 1. The van der Waals surface area contributed by atoms with Gasteiger partial charge >= 0.3 is 5.97 Å². The fourth-order valence-corrected chi connectivity index (χ4v) is 1.53. The van der Waals surface area contributed by atoms with Gasteiger partial charge in [-0.2, -0.15) is 5.10 Å². The van der Waals surface area contributed by atoms with Crippen LogP contribution in [-0.2, 0) is 0 Å². The zero-order valence-electron chi connectivity index (χ0n) is 8.98. The van der Waals surface area contributed by atoms with Gasteiger partial charge in [-0.05, 0) is 12.1 Å². The van der Waals surface area contributed by atoms with Gasteiger partial charge < -0.3 is 10.8 Å². The third-order valence-corrected chi connectivity index (χ3v) is 2.33. The maximum Gasteiger partial charge on any atom is 0.340 e. The number of carboxylic acid groups (broad SMARTS) is 1. The highest BCUT2D eigenvalue weighted by Gasteiger charge is 2.19. The van der Waals surface area contributed by atoms with E-state index in [2.05, 4.69) is 10.2 Å². The molecule has 0 saturated carbocycles. The largest absolute Gasteiger partial charge is 0.478 e.